The number of hydrogen-bond acceptors (Lipinski definition) is 3. The van der Waals surface area contributed by atoms with Crippen molar-refractivity contribution in [3.63, 3.8) is 0 Å². The van der Waals surface area contributed by atoms with E-state index in [1.165, 1.54) is 0 Å². The first-order valence-electron chi connectivity index (χ1n) is 7.03. The number of imidazole rings is 1. The van der Waals surface area contributed by atoms with Crippen molar-refractivity contribution in [3.05, 3.63) is 72.1 Å². The third kappa shape index (κ3) is 3.03. The van der Waals surface area contributed by atoms with E-state index in [4.69, 9.17) is 5.73 Å². The van der Waals surface area contributed by atoms with Crippen LogP contribution in [0.2, 0.25) is 0 Å². The maximum atomic E-state index is 6.35. The van der Waals surface area contributed by atoms with Crippen LogP contribution in [0, 0.1) is 0 Å². The van der Waals surface area contributed by atoms with Gasteiger partial charge in [-0.15, -0.1) is 0 Å². The average Bonchev–Trinajstić information content (AvgIpc) is 3.14. The lowest BCUT2D eigenvalue weighted by atomic mass is 10.1. The largest absolute Gasteiger partial charge is 0.333 e. The van der Waals surface area contributed by atoms with Crippen LogP contribution >= 0.6 is 0 Å². The predicted octanol–water partition coefficient (Wildman–Crippen LogP) is 1.91. The number of nitrogens with zero attached hydrogens (tertiary/aromatic N) is 4. The van der Waals surface area contributed by atoms with Crippen LogP contribution in [0.5, 0.6) is 0 Å². The summed E-state index contributed by atoms with van der Waals surface area (Å²) in [5.41, 5.74) is 9.55. The molecule has 3 rings (SSSR count). The van der Waals surface area contributed by atoms with Gasteiger partial charge in [-0.1, -0.05) is 30.3 Å². The maximum Gasteiger partial charge on any atom is 0.0948 e. The Morgan fingerprint density at radius 1 is 1.19 bits per heavy atom. The number of rotatable bonds is 5. The molecule has 2 heterocycles. The second kappa shape index (κ2) is 5.93. The van der Waals surface area contributed by atoms with Crippen molar-refractivity contribution >= 4 is 0 Å². The van der Waals surface area contributed by atoms with E-state index >= 15 is 0 Å². The Morgan fingerprint density at radius 3 is 2.71 bits per heavy atom. The van der Waals surface area contributed by atoms with Gasteiger partial charge in [-0.05, 0) is 11.6 Å². The number of aryl methyl sites for hydroxylation is 3. The Balaban J connectivity index is 1.74. The molecule has 0 saturated carbocycles. The fraction of sp³-hybridized carbons (Fsp3) is 0.250. The van der Waals surface area contributed by atoms with Crippen LogP contribution in [0.1, 0.15) is 23.0 Å². The molecule has 0 amide bonds. The van der Waals surface area contributed by atoms with Crippen LogP contribution in [0.3, 0.4) is 0 Å². The molecule has 1 atom stereocenters. The Labute approximate surface area is 124 Å². The summed E-state index contributed by atoms with van der Waals surface area (Å²) in [7, 11) is 1.93. The molecular formula is C16H19N5. The number of hydrogen-bond donors (Lipinski definition) is 1. The highest BCUT2D eigenvalue weighted by atomic mass is 15.2. The maximum absolute atomic E-state index is 6.35. The predicted molar refractivity (Wildman–Crippen MR) is 81.6 cm³/mol. The second-order valence-electron chi connectivity index (χ2n) is 5.13. The highest BCUT2D eigenvalue weighted by Gasteiger charge is 2.13. The quantitative estimate of drug-likeness (QED) is 0.777. The van der Waals surface area contributed by atoms with Crippen LogP contribution in [-0.2, 0) is 20.0 Å². The first-order chi connectivity index (χ1) is 10.2. The second-order valence-corrected chi connectivity index (χ2v) is 5.13. The fourth-order valence-corrected chi connectivity index (χ4v) is 2.44. The van der Waals surface area contributed by atoms with E-state index < -0.39 is 0 Å². The molecule has 1 unspecified atom stereocenters. The Bertz CT molecular complexity index is 698. The molecule has 0 aliphatic heterocycles. The van der Waals surface area contributed by atoms with Crippen LogP contribution in [0.4, 0.5) is 0 Å². The summed E-state index contributed by atoms with van der Waals surface area (Å²) in [5, 5.41) is 4.39. The van der Waals surface area contributed by atoms with E-state index in [1.54, 1.807) is 0 Å². The summed E-state index contributed by atoms with van der Waals surface area (Å²) in [5.74, 6) is 0. The van der Waals surface area contributed by atoms with Gasteiger partial charge in [-0.2, -0.15) is 5.10 Å². The lowest BCUT2D eigenvalue weighted by Crippen LogP contribution is -2.17. The molecule has 3 aromatic rings. The van der Waals surface area contributed by atoms with Crippen molar-refractivity contribution in [2.24, 2.45) is 12.8 Å². The van der Waals surface area contributed by atoms with Crippen LogP contribution < -0.4 is 5.73 Å². The van der Waals surface area contributed by atoms with Crippen LogP contribution in [-0.4, -0.2) is 19.3 Å². The molecule has 5 heteroatoms. The van der Waals surface area contributed by atoms with Gasteiger partial charge in [0.05, 0.1) is 30.0 Å². The molecule has 2 N–H and O–H groups in total. The highest BCUT2D eigenvalue weighted by Crippen LogP contribution is 2.19. The third-order valence-electron chi connectivity index (χ3n) is 3.60. The molecule has 0 saturated heterocycles. The van der Waals surface area contributed by atoms with Crippen molar-refractivity contribution in [3.8, 4) is 0 Å². The summed E-state index contributed by atoms with van der Waals surface area (Å²) in [6.07, 6.45) is 6.50. The summed E-state index contributed by atoms with van der Waals surface area (Å²) in [6, 6.07) is 12.0. The van der Waals surface area contributed by atoms with E-state index in [1.807, 2.05) is 66.8 Å². The highest BCUT2D eigenvalue weighted by molar-refractivity contribution is 5.26. The van der Waals surface area contributed by atoms with Gasteiger partial charge in [0.2, 0.25) is 0 Å². The molecule has 0 fully saturated rings. The molecule has 0 bridgehead atoms. The van der Waals surface area contributed by atoms with Crippen LogP contribution in [0.15, 0.2) is 55.1 Å². The molecule has 2 aromatic heterocycles. The van der Waals surface area contributed by atoms with E-state index in [2.05, 4.69) is 14.6 Å². The topological polar surface area (TPSA) is 61.7 Å². The monoisotopic (exact) mass is 281 g/mol. The van der Waals surface area contributed by atoms with Crippen molar-refractivity contribution < 1.29 is 0 Å². The van der Waals surface area contributed by atoms with Gasteiger partial charge in [0.1, 0.15) is 0 Å². The smallest absolute Gasteiger partial charge is 0.0948 e. The van der Waals surface area contributed by atoms with Gasteiger partial charge in [0.25, 0.3) is 0 Å². The molecule has 0 aliphatic carbocycles. The van der Waals surface area contributed by atoms with Crippen molar-refractivity contribution in [2.45, 2.75) is 19.0 Å². The van der Waals surface area contributed by atoms with Gasteiger partial charge < -0.3 is 10.3 Å². The van der Waals surface area contributed by atoms with E-state index in [9.17, 15) is 0 Å². The zero-order valence-corrected chi connectivity index (χ0v) is 12.1. The first kappa shape index (κ1) is 13.6. The van der Waals surface area contributed by atoms with Gasteiger partial charge >= 0.3 is 0 Å². The van der Waals surface area contributed by atoms with Crippen molar-refractivity contribution in [1.29, 1.82) is 0 Å². The third-order valence-corrected chi connectivity index (χ3v) is 3.60. The standard InChI is InChI=1S/C16H19N5/c1-20-9-7-14(19-20)8-10-21-12-18-11-15(21)16(17)13-5-3-2-4-6-13/h2-7,9,11-12,16H,8,10,17H2,1H3. The minimum absolute atomic E-state index is 0.155. The minimum atomic E-state index is -0.155. The summed E-state index contributed by atoms with van der Waals surface area (Å²) < 4.78 is 3.92. The lowest BCUT2D eigenvalue weighted by Gasteiger charge is -2.14. The molecule has 1 aromatic carbocycles. The lowest BCUT2D eigenvalue weighted by molar-refractivity contribution is 0.622. The SMILES string of the molecule is Cn1ccc(CCn2cncc2C(N)c2ccccc2)n1. The van der Waals surface area contributed by atoms with E-state index in [0.717, 1.165) is 29.9 Å². The number of benzene rings is 1. The summed E-state index contributed by atoms with van der Waals surface area (Å²) >= 11 is 0. The Morgan fingerprint density at radius 2 is 2.00 bits per heavy atom. The molecular weight excluding hydrogens is 262 g/mol. The average molecular weight is 281 g/mol. The Kier molecular flexibility index (Phi) is 3.83. The fourth-order valence-electron chi connectivity index (χ4n) is 2.44. The van der Waals surface area contributed by atoms with E-state index in [0.29, 0.717) is 0 Å². The molecule has 0 spiro atoms. The van der Waals surface area contributed by atoms with Crippen LogP contribution in [0.25, 0.3) is 0 Å². The summed E-state index contributed by atoms with van der Waals surface area (Å²) in [6.45, 7) is 0.826. The molecule has 0 radical (unpaired) electrons. The molecule has 0 aliphatic rings. The Hall–Kier alpha value is -2.40. The molecule has 21 heavy (non-hydrogen) atoms. The van der Waals surface area contributed by atoms with Gasteiger partial charge in [-0.25, -0.2) is 4.98 Å². The number of aromatic nitrogens is 4. The van der Waals surface area contributed by atoms with Crippen molar-refractivity contribution in [1.82, 2.24) is 19.3 Å². The summed E-state index contributed by atoms with van der Waals surface area (Å²) in [4.78, 5) is 4.24. The molecule has 108 valence electrons. The zero-order chi connectivity index (χ0) is 14.7. The zero-order valence-electron chi connectivity index (χ0n) is 12.1. The molecule has 5 nitrogen and oxygen atoms in total. The normalized spacial score (nSPS) is 12.5. The minimum Gasteiger partial charge on any atom is -0.333 e. The first-order valence-corrected chi connectivity index (χ1v) is 7.03. The van der Waals surface area contributed by atoms with Gasteiger partial charge in [-0.3, -0.25) is 4.68 Å². The van der Waals surface area contributed by atoms with Gasteiger partial charge in [0, 0.05) is 26.2 Å². The van der Waals surface area contributed by atoms with E-state index in [-0.39, 0.29) is 6.04 Å². The van der Waals surface area contributed by atoms with Crippen molar-refractivity contribution in [2.75, 3.05) is 0 Å². The van der Waals surface area contributed by atoms with Gasteiger partial charge in [0.15, 0.2) is 0 Å². The number of nitrogens with two attached hydrogens (primary N) is 1.